The normalized spacial score (nSPS) is 15.1. The molecule has 4 heteroatoms. The van der Waals surface area contributed by atoms with E-state index in [0.717, 1.165) is 19.6 Å². The smallest absolute Gasteiger partial charge is 0.0794 e. The van der Waals surface area contributed by atoms with Gasteiger partial charge in [0.05, 0.1) is 11.6 Å². The fourth-order valence-corrected chi connectivity index (χ4v) is 2.75. The lowest BCUT2D eigenvalue weighted by atomic mass is 9.96. The lowest BCUT2D eigenvalue weighted by molar-refractivity contribution is 0.00412. The number of rotatable bonds is 8. The Kier molecular flexibility index (Phi) is 6.70. The minimum absolute atomic E-state index is 0.266. The maximum atomic E-state index is 5.89. The van der Waals surface area contributed by atoms with Gasteiger partial charge in [-0.25, -0.2) is 0 Å². The summed E-state index contributed by atoms with van der Waals surface area (Å²) in [5, 5.41) is 3.54. The molecule has 0 aliphatic rings. The van der Waals surface area contributed by atoms with Crippen molar-refractivity contribution in [3.05, 3.63) is 16.6 Å². The van der Waals surface area contributed by atoms with E-state index < -0.39 is 0 Å². The summed E-state index contributed by atoms with van der Waals surface area (Å²) >= 11 is 1.72. The molecule has 0 bridgehead atoms. The van der Waals surface area contributed by atoms with Crippen LogP contribution >= 0.6 is 11.3 Å². The van der Waals surface area contributed by atoms with Crippen molar-refractivity contribution in [2.45, 2.75) is 46.3 Å². The molecule has 0 radical (unpaired) electrons. The Hall–Kier alpha value is -0.450. The molecule has 1 N–H and O–H groups in total. The summed E-state index contributed by atoms with van der Waals surface area (Å²) < 4.78 is 5.89. The summed E-state index contributed by atoms with van der Waals surface area (Å²) in [5.74, 6) is 0.520. The standard InChI is InChI=1S/C13H24N2OS/c1-5-15-12(7-11-8-14-9-17-11)13(10(3)4)16-6-2/h8-10,12-13,15H,5-7H2,1-4H3. The zero-order valence-corrected chi connectivity index (χ0v) is 12.1. The number of aromatic nitrogens is 1. The molecule has 0 amide bonds. The average Bonchev–Trinajstić information content (AvgIpc) is 2.78. The van der Waals surface area contributed by atoms with Gasteiger partial charge in [0.25, 0.3) is 0 Å². The Labute approximate surface area is 109 Å². The Morgan fingerprint density at radius 1 is 1.41 bits per heavy atom. The molecule has 3 nitrogen and oxygen atoms in total. The van der Waals surface area contributed by atoms with Gasteiger partial charge < -0.3 is 10.1 Å². The van der Waals surface area contributed by atoms with Crippen LogP contribution in [0.2, 0.25) is 0 Å². The minimum atomic E-state index is 0.266. The van der Waals surface area contributed by atoms with Crippen LogP contribution in [0.5, 0.6) is 0 Å². The van der Waals surface area contributed by atoms with E-state index in [2.05, 4.69) is 38.0 Å². The van der Waals surface area contributed by atoms with Crippen molar-refractivity contribution in [2.24, 2.45) is 5.92 Å². The number of likely N-dealkylation sites (N-methyl/N-ethyl adjacent to an activating group) is 1. The van der Waals surface area contributed by atoms with Gasteiger partial charge in [0.2, 0.25) is 0 Å². The molecule has 0 spiro atoms. The molecule has 1 aromatic rings. The van der Waals surface area contributed by atoms with Gasteiger partial charge in [-0.1, -0.05) is 20.8 Å². The Morgan fingerprint density at radius 2 is 2.18 bits per heavy atom. The molecule has 0 aliphatic carbocycles. The number of hydrogen-bond donors (Lipinski definition) is 1. The second-order valence-electron chi connectivity index (χ2n) is 4.50. The third-order valence-electron chi connectivity index (χ3n) is 2.78. The lowest BCUT2D eigenvalue weighted by Gasteiger charge is -2.30. The molecule has 0 saturated heterocycles. The average molecular weight is 256 g/mol. The summed E-state index contributed by atoms with van der Waals surface area (Å²) in [6.07, 6.45) is 3.22. The van der Waals surface area contributed by atoms with Gasteiger partial charge in [-0.2, -0.15) is 0 Å². The van der Waals surface area contributed by atoms with Crippen LogP contribution in [0.3, 0.4) is 0 Å². The monoisotopic (exact) mass is 256 g/mol. The van der Waals surface area contributed by atoms with Crippen molar-refractivity contribution < 1.29 is 4.74 Å². The number of thiazole rings is 1. The predicted octanol–water partition coefficient (Wildman–Crippen LogP) is 2.72. The van der Waals surface area contributed by atoms with Crippen molar-refractivity contribution in [3.8, 4) is 0 Å². The van der Waals surface area contributed by atoms with Crippen LogP contribution in [0.4, 0.5) is 0 Å². The highest BCUT2D eigenvalue weighted by Crippen LogP contribution is 2.17. The molecule has 98 valence electrons. The minimum Gasteiger partial charge on any atom is -0.377 e. The highest BCUT2D eigenvalue weighted by molar-refractivity contribution is 7.09. The summed E-state index contributed by atoms with van der Waals surface area (Å²) in [4.78, 5) is 5.46. The third kappa shape index (κ3) is 4.74. The number of nitrogens with zero attached hydrogens (tertiary/aromatic N) is 1. The van der Waals surface area contributed by atoms with E-state index in [1.165, 1.54) is 4.88 Å². The van der Waals surface area contributed by atoms with Gasteiger partial charge in [-0.15, -0.1) is 11.3 Å². The molecule has 2 unspecified atom stereocenters. The van der Waals surface area contributed by atoms with E-state index in [4.69, 9.17) is 4.74 Å². The fraction of sp³-hybridized carbons (Fsp3) is 0.769. The Bertz CT molecular complexity index is 288. The van der Waals surface area contributed by atoms with Crippen molar-refractivity contribution in [1.82, 2.24) is 10.3 Å². The molecule has 17 heavy (non-hydrogen) atoms. The molecule has 0 saturated carbocycles. The molecule has 2 atom stereocenters. The largest absolute Gasteiger partial charge is 0.377 e. The van der Waals surface area contributed by atoms with Crippen molar-refractivity contribution in [2.75, 3.05) is 13.2 Å². The maximum absolute atomic E-state index is 5.89. The SMILES string of the molecule is CCNC(Cc1cncs1)C(OCC)C(C)C. The molecule has 0 aliphatic heterocycles. The van der Waals surface area contributed by atoms with Crippen LogP contribution in [-0.2, 0) is 11.2 Å². The molecule has 1 heterocycles. The van der Waals surface area contributed by atoms with Crippen molar-refractivity contribution >= 4 is 11.3 Å². The van der Waals surface area contributed by atoms with Crippen LogP contribution in [0.1, 0.15) is 32.6 Å². The third-order valence-corrected chi connectivity index (χ3v) is 3.59. The van der Waals surface area contributed by atoms with Gasteiger partial charge in [-0.3, -0.25) is 4.98 Å². The number of nitrogens with one attached hydrogen (secondary N) is 1. The van der Waals surface area contributed by atoms with Crippen LogP contribution in [0.25, 0.3) is 0 Å². The van der Waals surface area contributed by atoms with E-state index in [9.17, 15) is 0 Å². The summed E-state index contributed by atoms with van der Waals surface area (Å²) in [6.45, 7) is 10.4. The van der Waals surface area contributed by atoms with Gasteiger partial charge in [0.1, 0.15) is 0 Å². The van der Waals surface area contributed by atoms with E-state index >= 15 is 0 Å². The number of hydrogen-bond acceptors (Lipinski definition) is 4. The summed E-state index contributed by atoms with van der Waals surface area (Å²) in [5.41, 5.74) is 1.89. The quantitative estimate of drug-likeness (QED) is 0.776. The first-order valence-electron chi connectivity index (χ1n) is 6.41. The Morgan fingerprint density at radius 3 is 2.65 bits per heavy atom. The van der Waals surface area contributed by atoms with Crippen molar-refractivity contribution in [3.63, 3.8) is 0 Å². The maximum Gasteiger partial charge on any atom is 0.0794 e. The first-order valence-corrected chi connectivity index (χ1v) is 7.29. The second kappa shape index (κ2) is 7.80. The van der Waals surface area contributed by atoms with E-state index in [0.29, 0.717) is 12.0 Å². The zero-order valence-electron chi connectivity index (χ0n) is 11.3. The van der Waals surface area contributed by atoms with E-state index in [1.54, 1.807) is 11.3 Å². The molecular formula is C13H24N2OS. The molecule has 1 rings (SSSR count). The lowest BCUT2D eigenvalue weighted by Crippen LogP contribution is -2.45. The van der Waals surface area contributed by atoms with Gasteiger partial charge in [-0.05, 0) is 19.4 Å². The molecule has 0 aromatic carbocycles. The van der Waals surface area contributed by atoms with Crippen LogP contribution < -0.4 is 5.32 Å². The fourth-order valence-electron chi connectivity index (χ4n) is 2.09. The first kappa shape index (κ1) is 14.6. The summed E-state index contributed by atoms with van der Waals surface area (Å²) in [6, 6.07) is 0.375. The van der Waals surface area contributed by atoms with Crippen molar-refractivity contribution in [1.29, 1.82) is 0 Å². The molecule has 1 aromatic heterocycles. The van der Waals surface area contributed by atoms with Crippen LogP contribution in [0.15, 0.2) is 11.7 Å². The van der Waals surface area contributed by atoms with E-state index in [-0.39, 0.29) is 6.10 Å². The number of ether oxygens (including phenoxy) is 1. The van der Waals surface area contributed by atoms with Crippen LogP contribution in [-0.4, -0.2) is 30.3 Å². The van der Waals surface area contributed by atoms with Gasteiger partial charge in [0.15, 0.2) is 0 Å². The molecular weight excluding hydrogens is 232 g/mol. The topological polar surface area (TPSA) is 34.2 Å². The van der Waals surface area contributed by atoms with Gasteiger partial charge in [0, 0.05) is 30.1 Å². The zero-order chi connectivity index (χ0) is 12.7. The summed E-state index contributed by atoms with van der Waals surface area (Å²) in [7, 11) is 0. The molecule has 0 fully saturated rings. The Balaban J connectivity index is 2.67. The highest BCUT2D eigenvalue weighted by atomic mass is 32.1. The van der Waals surface area contributed by atoms with Gasteiger partial charge >= 0.3 is 0 Å². The second-order valence-corrected chi connectivity index (χ2v) is 5.47. The highest BCUT2D eigenvalue weighted by Gasteiger charge is 2.24. The predicted molar refractivity (Wildman–Crippen MR) is 73.5 cm³/mol. The first-order chi connectivity index (χ1) is 8.19. The van der Waals surface area contributed by atoms with Crippen LogP contribution in [0, 0.1) is 5.92 Å². The van der Waals surface area contributed by atoms with E-state index in [1.807, 2.05) is 11.7 Å².